The van der Waals surface area contributed by atoms with E-state index in [0.29, 0.717) is 0 Å². The van der Waals surface area contributed by atoms with E-state index >= 15 is 0 Å². The smallest absolute Gasteiger partial charge is 0.261 e. The van der Waals surface area contributed by atoms with Crippen molar-refractivity contribution in [1.29, 1.82) is 0 Å². The van der Waals surface area contributed by atoms with E-state index in [-0.39, 0.29) is 18.6 Å². The van der Waals surface area contributed by atoms with Crippen LogP contribution in [-0.4, -0.2) is 45.0 Å². The second-order valence-electron chi connectivity index (χ2n) is 7.59. The summed E-state index contributed by atoms with van der Waals surface area (Å²) in [6, 6.07) is 22.3. The molecule has 0 bridgehead atoms. The standard InChI is InChI=1S/C25H27N3O3/c1-19(22-9-8-21-4-2-3-5-23(21)16-22)27-25(29)18-31-26-17-20-6-10-24(11-7-20)28-12-14-30-15-13-28/h2-11,16-17,19H,12-15,18H2,1H3,(H,27,29)/b26-17+. The van der Waals surface area contributed by atoms with Crippen LogP contribution in [0, 0.1) is 0 Å². The highest BCUT2D eigenvalue weighted by Gasteiger charge is 2.11. The number of hydrogen-bond donors (Lipinski definition) is 1. The van der Waals surface area contributed by atoms with Crippen LogP contribution < -0.4 is 10.2 Å². The number of morpholine rings is 1. The molecule has 1 saturated heterocycles. The number of carbonyl (C=O) groups is 1. The maximum absolute atomic E-state index is 12.2. The second kappa shape index (κ2) is 10.1. The van der Waals surface area contributed by atoms with Crippen LogP contribution in [0.2, 0.25) is 0 Å². The first-order valence-corrected chi connectivity index (χ1v) is 10.6. The van der Waals surface area contributed by atoms with E-state index in [1.54, 1.807) is 6.21 Å². The van der Waals surface area contributed by atoms with Crippen LogP contribution in [0.5, 0.6) is 0 Å². The highest BCUT2D eigenvalue weighted by atomic mass is 16.6. The lowest BCUT2D eigenvalue weighted by molar-refractivity contribution is -0.126. The number of ether oxygens (including phenoxy) is 1. The van der Waals surface area contributed by atoms with Gasteiger partial charge in [0.2, 0.25) is 0 Å². The molecule has 0 aliphatic carbocycles. The van der Waals surface area contributed by atoms with E-state index in [1.807, 2.05) is 37.3 Å². The molecule has 0 radical (unpaired) electrons. The highest BCUT2D eigenvalue weighted by molar-refractivity contribution is 5.84. The molecule has 1 aliphatic heterocycles. The fourth-order valence-electron chi connectivity index (χ4n) is 3.63. The van der Waals surface area contributed by atoms with Gasteiger partial charge in [-0.2, -0.15) is 0 Å². The Morgan fingerprint density at radius 2 is 1.84 bits per heavy atom. The summed E-state index contributed by atoms with van der Waals surface area (Å²) in [6.07, 6.45) is 1.61. The van der Waals surface area contributed by atoms with Gasteiger partial charge in [0.15, 0.2) is 6.61 Å². The first-order chi connectivity index (χ1) is 15.2. The number of hydrogen-bond acceptors (Lipinski definition) is 5. The van der Waals surface area contributed by atoms with Gasteiger partial charge < -0.3 is 19.8 Å². The molecule has 1 N–H and O–H groups in total. The zero-order valence-corrected chi connectivity index (χ0v) is 17.7. The molecule has 1 heterocycles. The third-order valence-corrected chi connectivity index (χ3v) is 5.39. The lowest BCUT2D eigenvalue weighted by Gasteiger charge is -2.28. The topological polar surface area (TPSA) is 63.2 Å². The minimum Gasteiger partial charge on any atom is -0.386 e. The largest absolute Gasteiger partial charge is 0.386 e. The maximum atomic E-state index is 12.2. The average Bonchev–Trinajstić information content (AvgIpc) is 2.82. The molecule has 6 nitrogen and oxygen atoms in total. The number of amides is 1. The molecule has 1 aliphatic rings. The predicted octanol–water partition coefficient (Wildman–Crippen LogP) is 3.90. The minimum atomic E-state index is -0.208. The maximum Gasteiger partial charge on any atom is 0.261 e. The molecule has 1 amide bonds. The SMILES string of the molecule is CC(NC(=O)CO/N=C/c1ccc(N2CCOCC2)cc1)c1ccc2ccccc2c1. The van der Waals surface area contributed by atoms with Crippen LogP contribution >= 0.6 is 0 Å². The summed E-state index contributed by atoms with van der Waals surface area (Å²) in [5, 5.41) is 9.21. The van der Waals surface area contributed by atoms with E-state index in [0.717, 1.165) is 42.8 Å². The van der Waals surface area contributed by atoms with Crippen molar-refractivity contribution in [1.82, 2.24) is 5.32 Å². The molecule has 0 spiro atoms. The number of anilines is 1. The quantitative estimate of drug-likeness (QED) is 0.468. The Bertz CT molecular complexity index is 1040. The summed E-state index contributed by atoms with van der Waals surface area (Å²) in [7, 11) is 0. The van der Waals surface area contributed by atoms with Gasteiger partial charge in [-0.3, -0.25) is 4.79 Å². The number of nitrogens with zero attached hydrogens (tertiary/aromatic N) is 2. The van der Waals surface area contributed by atoms with Crippen LogP contribution in [0.1, 0.15) is 24.1 Å². The zero-order valence-electron chi connectivity index (χ0n) is 17.7. The molecule has 4 rings (SSSR count). The zero-order chi connectivity index (χ0) is 21.5. The minimum absolute atomic E-state index is 0.114. The Hall–Kier alpha value is -3.38. The van der Waals surface area contributed by atoms with E-state index in [4.69, 9.17) is 9.57 Å². The monoisotopic (exact) mass is 417 g/mol. The van der Waals surface area contributed by atoms with Crippen LogP contribution in [-0.2, 0) is 14.4 Å². The molecule has 160 valence electrons. The second-order valence-corrected chi connectivity index (χ2v) is 7.59. The summed E-state index contributed by atoms with van der Waals surface area (Å²) in [5.41, 5.74) is 3.14. The Kier molecular flexibility index (Phi) is 6.79. The van der Waals surface area contributed by atoms with Crippen molar-refractivity contribution in [3.05, 3.63) is 77.9 Å². The fourth-order valence-corrected chi connectivity index (χ4v) is 3.63. The van der Waals surface area contributed by atoms with Crippen LogP contribution in [0.4, 0.5) is 5.69 Å². The number of carbonyl (C=O) groups excluding carboxylic acids is 1. The van der Waals surface area contributed by atoms with E-state index in [1.165, 1.54) is 11.1 Å². The van der Waals surface area contributed by atoms with Gasteiger partial charge in [-0.15, -0.1) is 0 Å². The van der Waals surface area contributed by atoms with Crippen LogP contribution in [0.25, 0.3) is 10.8 Å². The molecule has 1 atom stereocenters. The van der Waals surface area contributed by atoms with Gasteiger partial charge in [0.25, 0.3) is 5.91 Å². The number of nitrogens with one attached hydrogen (secondary N) is 1. The molecule has 1 fully saturated rings. The van der Waals surface area contributed by atoms with Gasteiger partial charge >= 0.3 is 0 Å². The summed E-state index contributed by atoms with van der Waals surface area (Å²) >= 11 is 0. The van der Waals surface area contributed by atoms with Crippen molar-refractivity contribution in [3.8, 4) is 0 Å². The molecule has 3 aromatic carbocycles. The Morgan fingerprint density at radius 1 is 1.10 bits per heavy atom. The van der Waals surface area contributed by atoms with Gasteiger partial charge in [0.05, 0.1) is 25.5 Å². The Balaban J connectivity index is 1.24. The fraction of sp³-hybridized carbons (Fsp3) is 0.280. The Labute approximate surface area is 182 Å². The third kappa shape index (κ3) is 5.61. The number of fused-ring (bicyclic) bond motifs is 1. The molecule has 0 aromatic heterocycles. The van der Waals surface area contributed by atoms with Crippen molar-refractivity contribution < 1.29 is 14.4 Å². The summed E-state index contributed by atoms with van der Waals surface area (Å²) in [6.45, 7) is 5.17. The Morgan fingerprint density at radius 3 is 2.61 bits per heavy atom. The molecule has 0 saturated carbocycles. The summed E-state index contributed by atoms with van der Waals surface area (Å²) in [5.74, 6) is -0.208. The predicted molar refractivity (Wildman–Crippen MR) is 124 cm³/mol. The molecular weight excluding hydrogens is 390 g/mol. The first kappa shape index (κ1) is 20.9. The van der Waals surface area contributed by atoms with Crippen molar-refractivity contribution in [3.63, 3.8) is 0 Å². The van der Waals surface area contributed by atoms with Crippen molar-refractivity contribution in [2.24, 2.45) is 5.16 Å². The van der Waals surface area contributed by atoms with Crippen LogP contribution in [0.3, 0.4) is 0 Å². The van der Waals surface area contributed by atoms with E-state index < -0.39 is 0 Å². The normalized spacial score (nSPS) is 15.2. The van der Waals surface area contributed by atoms with Gasteiger partial charge in [0.1, 0.15) is 0 Å². The lowest BCUT2D eigenvalue weighted by Crippen LogP contribution is -2.36. The van der Waals surface area contributed by atoms with Crippen molar-refractivity contribution >= 4 is 28.6 Å². The lowest BCUT2D eigenvalue weighted by atomic mass is 10.0. The highest BCUT2D eigenvalue weighted by Crippen LogP contribution is 2.20. The third-order valence-electron chi connectivity index (χ3n) is 5.39. The van der Waals surface area contributed by atoms with E-state index in [9.17, 15) is 4.79 Å². The number of oxime groups is 1. The van der Waals surface area contributed by atoms with Crippen molar-refractivity contribution in [2.45, 2.75) is 13.0 Å². The number of benzene rings is 3. The summed E-state index contributed by atoms with van der Waals surface area (Å²) in [4.78, 5) is 19.7. The van der Waals surface area contributed by atoms with Gasteiger partial charge in [-0.05, 0) is 47.0 Å². The van der Waals surface area contributed by atoms with Gasteiger partial charge in [-0.1, -0.05) is 53.7 Å². The average molecular weight is 418 g/mol. The summed E-state index contributed by atoms with van der Waals surface area (Å²) < 4.78 is 5.38. The van der Waals surface area contributed by atoms with Crippen molar-refractivity contribution in [2.75, 3.05) is 37.8 Å². The molecule has 1 unspecified atom stereocenters. The van der Waals surface area contributed by atoms with E-state index in [2.05, 4.69) is 51.8 Å². The first-order valence-electron chi connectivity index (χ1n) is 10.6. The number of rotatable bonds is 7. The van der Waals surface area contributed by atoms with Crippen LogP contribution in [0.15, 0.2) is 71.9 Å². The molecule has 3 aromatic rings. The molecule has 6 heteroatoms. The van der Waals surface area contributed by atoms with Gasteiger partial charge in [-0.25, -0.2) is 0 Å². The van der Waals surface area contributed by atoms with Gasteiger partial charge in [0, 0.05) is 18.8 Å². The molecular formula is C25H27N3O3. The molecule has 31 heavy (non-hydrogen) atoms.